The van der Waals surface area contributed by atoms with Gasteiger partial charge in [0.05, 0.1) is 0 Å². The molecule has 2 aliphatic rings. The fourth-order valence-corrected chi connectivity index (χ4v) is 3.85. The molecule has 0 saturated heterocycles. The molecule has 4 rings (SSSR count). The van der Waals surface area contributed by atoms with Crippen LogP contribution >= 0.6 is 0 Å². The molecular formula is C20H21N. The Morgan fingerprint density at radius 3 is 2.57 bits per heavy atom. The fraction of sp³-hybridized carbons (Fsp3) is 0.300. The molecular weight excluding hydrogens is 254 g/mol. The summed E-state index contributed by atoms with van der Waals surface area (Å²) in [4.78, 5) is 2.52. The van der Waals surface area contributed by atoms with Crippen LogP contribution in [0, 0.1) is 0 Å². The van der Waals surface area contributed by atoms with Gasteiger partial charge in [0, 0.05) is 28.9 Å². The zero-order chi connectivity index (χ0) is 14.6. The number of benzene rings is 2. The van der Waals surface area contributed by atoms with Gasteiger partial charge in [0.25, 0.3) is 0 Å². The highest BCUT2D eigenvalue weighted by atomic mass is 15.2. The third-order valence-electron chi connectivity index (χ3n) is 5.11. The van der Waals surface area contributed by atoms with E-state index in [4.69, 9.17) is 0 Å². The maximum atomic E-state index is 2.52. The van der Waals surface area contributed by atoms with E-state index in [0.717, 1.165) is 6.42 Å². The molecule has 2 atom stereocenters. The van der Waals surface area contributed by atoms with Gasteiger partial charge in [-0.05, 0) is 43.5 Å². The molecule has 0 radical (unpaired) electrons. The highest BCUT2D eigenvalue weighted by Crippen LogP contribution is 2.45. The van der Waals surface area contributed by atoms with Crippen LogP contribution in [0.2, 0.25) is 0 Å². The largest absolute Gasteiger partial charge is 0.338 e. The monoisotopic (exact) mass is 275 g/mol. The van der Waals surface area contributed by atoms with E-state index in [-0.39, 0.29) is 0 Å². The smallest absolute Gasteiger partial charge is 0.0490 e. The van der Waals surface area contributed by atoms with Gasteiger partial charge in [-0.1, -0.05) is 48.9 Å². The summed E-state index contributed by atoms with van der Waals surface area (Å²) < 4.78 is 0. The SMILES string of the molecule is CC1=Cc2c(cccc2N2c3ccccc3CC2C)C1C. The lowest BCUT2D eigenvalue weighted by atomic mass is 9.98. The van der Waals surface area contributed by atoms with Crippen molar-refractivity contribution in [1.29, 1.82) is 0 Å². The molecule has 0 aromatic heterocycles. The van der Waals surface area contributed by atoms with E-state index < -0.39 is 0 Å². The van der Waals surface area contributed by atoms with Crippen LogP contribution in [-0.4, -0.2) is 6.04 Å². The standard InChI is InChI=1S/C20H21N/c1-13-11-18-17(15(13)3)8-6-10-20(18)21-14(2)12-16-7-4-5-9-19(16)21/h4-11,14-15H,12H2,1-3H3. The zero-order valence-corrected chi connectivity index (χ0v) is 12.9. The van der Waals surface area contributed by atoms with Gasteiger partial charge < -0.3 is 4.90 Å². The first kappa shape index (κ1) is 12.7. The summed E-state index contributed by atoms with van der Waals surface area (Å²) in [5.74, 6) is 0.549. The second-order valence-corrected chi connectivity index (χ2v) is 6.44. The van der Waals surface area contributed by atoms with Crippen molar-refractivity contribution >= 4 is 17.5 Å². The first-order chi connectivity index (χ1) is 10.2. The predicted octanol–water partition coefficient (Wildman–Crippen LogP) is 5.29. The molecule has 1 heteroatoms. The summed E-state index contributed by atoms with van der Waals surface area (Å²) in [6.45, 7) is 6.88. The van der Waals surface area contributed by atoms with Crippen LogP contribution in [0.3, 0.4) is 0 Å². The number of allylic oxidation sites excluding steroid dienone is 1. The zero-order valence-electron chi connectivity index (χ0n) is 12.9. The Bertz CT molecular complexity index is 741. The number of hydrogen-bond donors (Lipinski definition) is 0. The second-order valence-electron chi connectivity index (χ2n) is 6.44. The maximum Gasteiger partial charge on any atom is 0.0490 e. The lowest BCUT2D eigenvalue weighted by Crippen LogP contribution is -2.24. The fourth-order valence-electron chi connectivity index (χ4n) is 3.85. The van der Waals surface area contributed by atoms with Crippen molar-refractivity contribution in [3.05, 3.63) is 64.7 Å². The van der Waals surface area contributed by atoms with Crippen molar-refractivity contribution in [2.45, 2.75) is 39.2 Å². The quantitative estimate of drug-likeness (QED) is 0.683. The minimum absolute atomic E-state index is 0.526. The number of rotatable bonds is 1. The minimum Gasteiger partial charge on any atom is -0.338 e. The average Bonchev–Trinajstić information content (AvgIpc) is 2.96. The first-order valence-electron chi connectivity index (χ1n) is 7.85. The molecule has 2 aromatic carbocycles. The molecule has 2 unspecified atom stereocenters. The summed E-state index contributed by atoms with van der Waals surface area (Å²) in [6, 6.07) is 16.1. The molecule has 21 heavy (non-hydrogen) atoms. The molecule has 1 aliphatic heterocycles. The van der Waals surface area contributed by atoms with E-state index in [9.17, 15) is 0 Å². The van der Waals surface area contributed by atoms with Crippen LogP contribution in [0.1, 0.15) is 43.4 Å². The van der Waals surface area contributed by atoms with Crippen LogP contribution in [0.15, 0.2) is 48.0 Å². The van der Waals surface area contributed by atoms with Gasteiger partial charge in [-0.15, -0.1) is 0 Å². The number of hydrogen-bond acceptors (Lipinski definition) is 1. The van der Waals surface area contributed by atoms with Crippen molar-refractivity contribution in [1.82, 2.24) is 0 Å². The van der Waals surface area contributed by atoms with Crippen molar-refractivity contribution in [3.8, 4) is 0 Å². The average molecular weight is 275 g/mol. The molecule has 0 spiro atoms. The molecule has 0 N–H and O–H groups in total. The molecule has 0 bridgehead atoms. The number of nitrogens with zero attached hydrogens (tertiary/aromatic N) is 1. The Kier molecular flexibility index (Phi) is 2.72. The van der Waals surface area contributed by atoms with Crippen LogP contribution in [0.5, 0.6) is 0 Å². The van der Waals surface area contributed by atoms with Crippen molar-refractivity contribution in [2.75, 3.05) is 4.90 Å². The summed E-state index contributed by atoms with van der Waals surface area (Å²) in [5, 5.41) is 0. The summed E-state index contributed by atoms with van der Waals surface area (Å²) in [7, 11) is 0. The van der Waals surface area contributed by atoms with Crippen LogP contribution in [0.4, 0.5) is 11.4 Å². The topological polar surface area (TPSA) is 3.24 Å². The van der Waals surface area contributed by atoms with Crippen molar-refractivity contribution in [3.63, 3.8) is 0 Å². The molecule has 0 fully saturated rings. The van der Waals surface area contributed by atoms with Gasteiger partial charge in [0.2, 0.25) is 0 Å². The molecule has 106 valence electrons. The highest BCUT2D eigenvalue weighted by molar-refractivity contribution is 5.83. The summed E-state index contributed by atoms with van der Waals surface area (Å²) >= 11 is 0. The molecule has 0 amide bonds. The van der Waals surface area contributed by atoms with Crippen LogP contribution in [0.25, 0.3) is 6.08 Å². The molecule has 2 aromatic rings. The Hall–Kier alpha value is -2.02. The normalized spacial score (nSPS) is 23.0. The molecule has 1 aliphatic carbocycles. The number of fused-ring (bicyclic) bond motifs is 2. The van der Waals surface area contributed by atoms with Gasteiger partial charge in [-0.3, -0.25) is 0 Å². The lowest BCUT2D eigenvalue weighted by Gasteiger charge is -2.27. The molecule has 1 heterocycles. The predicted molar refractivity (Wildman–Crippen MR) is 90.3 cm³/mol. The van der Waals surface area contributed by atoms with Gasteiger partial charge in [-0.25, -0.2) is 0 Å². The van der Waals surface area contributed by atoms with E-state index in [2.05, 4.69) is 74.2 Å². The Morgan fingerprint density at radius 1 is 0.952 bits per heavy atom. The van der Waals surface area contributed by atoms with Crippen LogP contribution in [-0.2, 0) is 6.42 Å². The Balaban J connectivity index is 1.90. The molecule has 0 saturated carbocycles. The van der Waals surface area contributed by atoms with Crippen molar-refractivity contribution in [2.24, 2.45) is 0 Å². The van der Waals surface area contributed by atoms with Crippen molar-refractivity contribution < 1.29 is 0 Å². The van der Waals surface area contributed by atoms with E-state index >= 15 is 0 Å². The summed E-state index contributed by atoms with van der Waals surface area (Å²) in [6.07, 6.45) is 3.51. The van der Waals surface area contributed by atoms with E-state index in [0.29, 0.717) is 12.0 Å². The summed E-state index contributed by atoms with van der Waals surface area (Å²) in [5.41, 5.74) is 8.58. The first-order valence-corrected chi connectivity index (χ1v) is 7.85. The van der Waals surface area contributed by atoms with Crippen LogP contribution < -0.4 is 4.90 Å². The Labute approximate surface area is 126 Å². The third kappa shape index (κ3) is 1.77. The van der Waals surface area contributed by atoms with Gasteiger partial charge in [-0.2, -0.15) is 0 Å². The van der Waals surface area contributed by atoms with E-state index in [1.165, 1.54) is 33.6 Å². The maximum absolute atomic E-state index is 2.52. The van der Waals surface area contributed by atoms with E-state index in [1.54, 1.807) is 0 Å². The second kappa shape index (κ2) is 4.49. The highest BCUT2D eigenvalue weighted by Gasteiger charge is 2.30. The number of anilines is 2. The van der Waals surface area contributed by atoms with E-state index in [1.807, 2.05) is 0 Å². The minimum atomic E-state index is 0.526. The Morgan fingerprint density at radius 2 is 1.71 bits per heavy atom. The van der Waals surface area contributed by atoms with Gasteiger partial charge >= 0.3 is 0 Å². The van der Waals surface area contributed by atoms with Gasteiger partial charge in [0.15, 0.2) is 0 Å². The third-order valence-corrected chi connectivity index (χ3v) is 5.11. The molecule has 1 nitrogen and oxygen atoms in total. The number of para-hydroxylation sites is 1. The van der Waals surface area contributed by atoms with Gasteiger partial charge in [0.1, 0.15) is 0 Å². The lowest BCUT2D eigenvalue weighted by molar-refractivity contribution is 0.758.